The SMILES string of the molecule is Cc1ccc([C@H]2CCCN2C(=O)Cc2ccc(F)cc2)cc1. The zero-order valence-electron chi connectivity index (χ0n) is 12.8. The second-order valence-electron chi connectivity index (χ2n) is 5.96. The van der Waals surface area contributed by atoms with Crippen molar-refractivity contribution in [3.63, 3.8) is 0 Å². The predicted molar refractivity (Wildman–Crippen MR) is 85.0 cm³/mol. The molecular formula is C19H20FNO. The largest absolute Gasteiger partial charge is 0.335 e. The van der Waals surface area contributed by atoms with Gasteiger partial charge in [-0.25, -0.2) is 4.39 Å². The molecule has 22 heavy (non-hydrogen) atoms. The smallest absolute Gasteiger partial charge is 0.227 e. The zero-order valence-corrected chi connectivity index (χ0v) is 12.8. The monoisotopic (exact) mass is 297 g/mol. The Kier molecular flexibility index (Phi) is 4.23. The van der Waals surface area contributed by atoms with E-state index in [1.54, 1.807) is 12.1 Å². The van der Waals surface area contributed by atoms with Crippen molar-refractivity contribution in [3.05, 3.63) is 71.0 Å². The number of nitrogens with zero attached hydrogens (tertiary/aromatic N) is 1. The zero-order chi connectivity index (χ0) is 15.5. The maximum atomic E-state index is 12.9. The van der Waals surface area contributed by atoms with Crippen LogP contribution in [-0.4, -0.2) is 17.4 Å². The van der Waals surface area contributed by atoms with Crippen LogP contribution in [0.1, 0.15) is 35.6 Å². The number of benzene rings is 2. The molecule has 1 heterocycles. The second-order valence-corrected chi connectivity index (χ2v) is 5.96. The third kappa shape index (κ3) is 3.19. The molecule has 1 aliphatic rings. The number of hydrogen-bond acceptors (Lipinski definition) is 1. The van der Waals surface area contributed by atoms with Gasteiger partial charge in [0.15, 0.2) is 0 Å². The van der Waals surface area contributed by atoms with E-state index in [0.717, 1.165) is 24.9 Å². The molecule has 0 N–H and O–H groups in total. The van der Waals surface area contributed by atoms with Crippen LogP contribution >= 0.6 is 0 Å². The first-order valence-electron chi connectivity index (χ1n) is 7.74. The highest BCUT2D eigenvalue weighted by molar-refractivity contribution is 5.79. The van der Waals surface area contributed by atoms with Crippen molar-refractivity contribution in [2.24, 2.45) is 0 Å². The normalized spacial score (nSPS) is 17.7. The summed E-state index contributed by atoms with van der Waals surface area (Å²) in [7, 11) is 0. The van der Waals surface area contributed by atoms with Gasteiger partial charge >= 0.3 is 0 Å². The minimum Gasteiger partial charge on any atom is -0.335 e. The van der Waals surface area contributed by atoms with Crippen LogP contribution in [0.25, 0.3) is 0 Å². The first-order valence-corrected chi connectivity index (χ1v) is 7.74. The Balaban J connectivity index is 1.73. The first kappa shape index (κ1) is 14.8. The van der Waals surface area contributed by atoms with Gasteiger partial charge in [-0.2, -0.15) is 0 Å². The maximum absolute atomic E-state index is 12.9. The van der Waals surface area contributed by atoms with E-state index in [4.69, 9.17) is 0 Å². The fourth-order valence-electron chi connectivity index (χ4n) is 3.08. The Morgan fingerprint density at radius 3 is 2.50 bits per heavy atom. The van der Waals surface area contributed by atoms with Crippen LogP contribution in [0.4, 0.5) is 4.39 Å². The quantitative estimate of drug-likeness (QED) is 0.837. The van der Waals surface area contributed by atoms with Crippen LogP contribution in [-0.2, 0) is 11.2 Å². The molecule has 0 unspecified atom stereocenters. The highest BCUT2D eigenvalue weighted by Crippen LogP contribution is 2.32. The molecule has 0 aliphatic carbocycles. The lowest BCUT2D eigenvalue weighted by Crippen LogP contribution is -2.31. The summed E-state index contributed by atoms with van der Waals surface area (Å²) in [6.07, 6.45) is 2.38. The second kappa shape index (κ2) is 6.30. The van der Waals surface area contributed by atoms with Crippen LogP contribution in [0.5, 0.6) is 0 Å². The van der Waals surface area contributed by atoms with Gasteiger partial charge in [-0.3, -0.25) is 4.79 Å². The van der Waals surface area contributed by atoms with Crippen LogP contribution in [0.3, 0.4) is 0 Å². The van der Waals surface area contributed by atoms with Crippen LogP contribution < -0.4 is 0 Å². The van der Waals surface area contributed by atoms with Crippen molar-refractivity contribution >= 4 is 5.91 Å². The summed E-state index contributed by atoms with van der Waals surface area (Å²) in [4.78, 5) is 14.5. The highest BCUT2D eigenvalue weighted by Gasteiger charge is 2.29. The van der Waals surface area contributed by atoms with Gasteiger partial charge < -0.3 is 4.90 Å². The van der Waals surface area contributed by atoms with E-state index in [2.05, 4.69) is 31.2 Å². The van der Waals surface area contributed by atoms with Gasteiger partial charge in [-0.05, 0) is 43.0 Å². The summed E-state index contributed by atoms with van der Waals surface area (Å²) in [6, 6.07) is 14.8. The number of hydrogen-bond donors (Lipinski definition) is 0. The van der Waals surface area contributed by atoms with E-state index in [9.17, 15) is 9.18 Å². The number of carbonyl (C=O) groups is 1. The van der Waals surface area contributed by atoms with Crippen molar-refractivity contribution in [3.8, 4) is 0 Å². The number of amides is 1. The van der Waals surface area contributed by atoms with Crippen molar-refractivity contribution in [2.45, 2.75) is 32.2 Å². The molecule has 0 aromatic heterocycles. The maximum Gasteiger partial charge on any atom is 0.227 e. The fraction of sp³-hybridized carbons (Fsp3) is 0.316. The average Bonchev–Trinajstić information content (AvgIpc) is 3.00. The Morgan fingerprint density at radius 2 is 1.82 bits per heavy atom. The molecule has 1 atom stereocenters. The summed E-state index contributed by atoms with van der Waals surface area (Å²) in [5.74, 6) is -0.149. The Bertz CT molecular complexity index is 648. The van der Waals surface area contributed by atoms with E-state index in [-0.39, 0.29) is 17.8 Å². The van der Waals surface area contributed by atoms with Crippen LogP contribution in [0, 0.1) is 12.7 Å². The van der Waals surface area contributed by atoms with Crippen LogP contribution in [0.15, 0.2) is 48.5 Å². The van der Waals surface area contributed by atoms with Gasteiger partial charge in [0.2, 0.25) is 5.91 Å². The number of likely N-dealkylation sites (tertiary alicyclic amines) is 1. The Labute approximate surface area is 130 Å². The molecule has 1 aliphatic heterocycles. The highest BCUT2D eigenvalue weighted by atomic mass is 19.1. The molecule has 2 aromatic rings. The number of aryl methyl sites for hydroxylation is 1. The van der Waals surface area contributed by atoms with Gasteiger partial charge in [-0.1, -0.05) is 42.0 Å². The summed E-state index contributed by atoms with van der Waals surface area (Å²) in [6.45, 7) is 2.87. The molecule has 1 saturated heterocycles. The molecule has 0 radical (unpaired) electrons. The topological polar surface area (TPSA) is 20.3 Å². The summed E-state index contributed by atoms with van der Waals surface area (Å²) >= 11 is 0. The lowest BCUT2D eigenvalue weighted by atomic mass is 10.0. The molecule has 114 valence electrons. The molecule has 0 spiro atoms. The van der Waals surface area contributed by atoms with E-state index in [1.165, 1.54) is 23.3 Å². The average molecular weight is 297 g/mol. The van der Waals surface area contributed by atoms with Crippen LogP contribution in [0.2, 0.25) is 0 Å². The van der Waals surface area contributed by atoms with Crippen molar-refractivity contribution < 1.29 is 9.18 Å². The van der Waals surface area contributed by atoms with Gasteiger partial charge in [0.05, 0.1) is 12.5 Å². The number of carbonyl (C=O) groups excluding carboxylic acids is 1. The minimum absolute atomic E-state index is 0.120. The lowest BCUT2D eigenvalue weighted by molar-refractivity contribution is -0.131. The predicted octanol–water partition coefficient (Wildman–Crippen LogP) is 4.04. The molecule has 0 saturated carbocycles. The molecule has 2 nitrogen and oxygen atoms in total. The minimum atomic E-state index is -0.269. The van der Waals surface area contributed by atoms with E-state index >= 15 is 0 Å². The molecular weight excluding hydrogens is 277 g/mol. The third-order valence-electron chi connectivity index (χ3n) is 4.30. The van der Waals surface area contributed by atoms with Crippen molar-refractivity contribution in [1.82, 2.24) is 4.90 Å². The van der Waals surface area contributed by atoms with Gasteiger partial charge in [0.25, 0.3) is 0 Å². The summed E-state index contributed by atoms with van der Waals surface area (Å²) in [5.41, 5.74) is 3.29. The molecule has 1 amide bonds. The molecule has 3 heteroatoms. The Hall–Kier alpha value is -2.16. The van der Waals surface area contributed by atoms with E-state index in [1.807, 2.05) is 4.90 Å². The summed E-state index contributed by atoms with van der Waals surface area (Å²) < 4.78 is 12.9. The van der Waals surface area contributed by atoms with Gasteiger partial charge in [0.1, 0.15) is 5.82 Å². The first-order chi connectivity index (χ1) is 10.6. The third-order valence-corrected chi connectivity index (χ3v) is 4.30. The van der Waals surface area contributed by atoms with Gasteiger partial charge in [-0.15, -0.1) is 0 Å². The summed E-state index contributed by atoms with van der Waals surface area (Å²) in [5, 5.41) is 0. The molecule has 2 aromatic carbocycles. The molecule has 1 fully saturated rings. The van der Waals surface area contributed by atoms with E-state index < -0.39 is 0 Å². The standard InChI is InChI=1S/C19H20FNO/c1-14-4-8-16(9-5-14)18-3-2-12-21(18)19(22)13-15-6-10-17(20)11-7-15/h4-11,18H,2-3,12-13H2,1H3/t18-/m1/s1. The fourth-order valence-corrected chi connectivity index (χ4v) is 3.08. The molecule has 0 bridgehead atoms. The number of halogens is 1. The van der Waals surface area contributed by atoms with Crippen molar-refractivity contribution in [1.29, 1.82) is 0 Å². The van der Waals surface area contributed by atoms with Gasteiger partial charge in [0, 0.05) is 6.54 Å². The number of rotatable bonds is 3. The van der Waals surface area contributed by atoms with E-state index in [0.29, 0.717) is 6.42 Å². The Morgan fingerprint density at radius 1 is 1.14 bits per heavy atom. The van der Waals surface area contributed by atoms with Crippen molar-refractivity contribution in [2.75, 3.05) is 6.54 Å². The molecule has 3 rings (SSSR count). The lowest BCUT2D eigenvalue weighted by Gasteiger charge is -2.25.